The van der Waals surface area contributed by atoms with Gasteiger partial charge in [-0.15, -0.1) is 11.3 Å². The van der Waals surface area contributed by atoms with Crippen molar-refractivity contribution in [2.45, 2.75) is 13.8 Å². The van der Waals surface area contributed by atoms with E-state index in [1.807, 2.05) is 38.1 Å². The molecule has 3 rings (SSSR count). The maximum absolute atomic E-state index is 12.3. The predicted octanol–water partition coefficient (Wildman–Crippen LogP) is 3.31. The van der Waals surface area contributed by atoms with Gasteiger partial charge in [0.25, 0.3) is 11.8 Å². The summed E-state index contributed by atoms with van der Waals surface area (Å²) in [5, 5.41) is 5.39. The van der Waals surface area contributed by atoms with Gasteiger partial charge in [-0.25, -0.2) is 4.98 Å². The number of aromatic nitrogens is 1. The first-order chi connectivity index (χ1) is 14.0. The number of methoxy groups -OCH3 is 1. The highest BCUT2D eigenvalue weighted by molar-refractivity contribution is 7.13. The van der Waals surface area contributed by atoms with E-state index in [-0.39, 0.29) is 12.2 Å². The summed E-state index contributed by atoms with van der Waals surface area (Å²) >= 11 is 1.39. The molecule has 0 radical (unpaired) electrons. The molecule has 0 saturated carbocycles. The van der Waals surface area contributed by atoms with Crippen molar-refractivity contribution in [1.82, 2.24) is 15.8 Å². The number of ether oxygens (including phenoxy) is 1. The summed E-state index contributed by atoms with van der Waals surface area (Å²) in [5.41, 5.74) is 8.97. The lowest BCUT2D eigenvalue weighted by Crippen LogP contribution is -2.44. The third-order valence-electron chi connectivity index (χ3n) is 4.21. The van der Waals surface area contributed by atoms with E-state index in [1.165, 1.54) is 16.9 Å². The van der Waals surface area contributed by atoms with Gasteiger partial charge in [0, 0.05) is 10.9 Å². The highest BCUT2D eigenvalue weighted by Gasteiger charge is 2.14. The molecule has 0 aliphatic rings. The van der Waals surface area contributed by atoms with Crippen LogP contribution in [0.3, 0.4) is 0 Å². The summed E-state index contributed by atoms with van der Waals surface area (Å²) < 4.78 is 5.22. The molecule has 3 aromatic rings. The quantitative estimate of drug-likeness (QED) is 0.542. The first kappa shape index (κ1) is 20.3. The number of carbonyl (C=O) groups excluding carboxylic acids is 2. The van der Waals surface area contributed by atoms with Crippen molar-refractivity contribution in [3.05, 3.63) is 64.7 Å². The van der Waals surface area contributed by atoms with Crippen LogP contribution in [0.4, 0.5) is 5.69 Å². The van der Waals surface area contributed by atoms with Gasteiger partial charge in [0.2, 0.25) is 0 Å². The zero-order valence-corrected chi connectivity index (χ0v) is 17.2. The first-order valence-corrected chi connectivity index (χ1v) is 9.85. The van der Waals surface area contributed by atoms with Crippen molar-refractivity contribution in [3.8, 4) is 16.3 Å². The van der Waals surface area contributed by atoms with Crippen molar-refractivity contribution < 1.29 is 14.3 Å². The summed E-state index contributed by atoms with van der Waals surface area (Å²) in [7, 11) is 1.56. The monoisotopic (exact) mass is 410 g/mol. The minimum atomic E-state index is -0.470. The van der Waals surface area contributed by atoms with E-state index in [9.17, 15) is 9.59 Å². The number of hydrogen-bond donors (Lipinski definition) is 3. The van der Waals surface area contributed by atoms with E-state index >= 15 is 0 Å². The van der Waals surface area contributed by atoms with E-state index < -0.39 is 11.8 Å². The lowest BCUT2D eigenvalue weighted by atomic mass is 10.1. The van der Waals surface area contributed by atoms with Crippen molar-refractivity contribution in [2.24, 2.45) is 0 Å². The summed E-state index contributed by atoms with van der Waals surface area (Å²) in [6.07, 6.45) is 0. The molecule has 0 spiro atoms. The van der Waals surface area contributed by atoms with Gasteiger partial charge < -0.3 is 10.1 Å². The van der Waals surface area contributed by atoms with Crippen LogP contribution in [0.15, 0.2) is 47.8 Å². The van der Waals surface area contributed by atoms with Crippen LogP contribution in [0.5, 0.6) is 5.75 Å². The number of benzene rings is 2. The largest absolute Gasteiger partial charge is 0.495 e. The highest BCUT2D eigenvalue weighted by Crippen LogP contribution is 2.27. The van der Waals surface area contributed by atoms with E-state index in [0.29, 0.717) is 11.4 Å². The first-order valence-electron chi connectivity index (χ1n) is 8.97. The van der Waals surface area contributed by atoms with E-state index in [2.05, 4.69) is 27.2 Å². The molecule has 0 aliphatic heterocycles. The fourth-order valence-corrected chi connectivity index (χ4v) is 3.65. The Kier molecular flexibility index (Phi) is 6.46. The lowest BCUT2D eigenvalue weighted by molar-refractivity contribution is -0.120. The summed E-state index contributed by atoms with van der Waals surface area (Å²) in [4.78, 5) is 28.7. The molecule has 1 heterocycles. The molecular weight excluding hydrogens is 388 g/mol. The molecule has 1 aromatic heterocycles. The van der Waals surface area contributed by atoms with Crippen LogP contribution in [0.1, 0.15) is 21.6 Å². The Morgan fingerprint density at radius 2 is 1.90 bits per heavy atom. The van der Waals surface area contributed by atoms with Crippen LogP contribution in [0.25, 0.3) is 10.6 Å². The van der Waals surface area contributed by atoms with Gasteiger partial charge in [0.15, 0.2) is 0 Å². The molecule has 2 amide bonds. The van der Waals surface area contributed by atoms with Gasteiger partial charge in [0.1, 0.15) is 16.5 Å². The Labute approximate surface area is 173 Å². The van der Waals surface area contributed by atoms with Gasteiger partial charge in [-0.2, -0.15) is 0 Å². The van der Waals surface area contributed by atoms with Gasteiger partial charge in [-0.05, 0) is 31.5 Å². The minimum absolute atomic E-state index is 0.0223. The summed E-state index contributed by atoms with van der Waals surface area (Å²) in [6, 6.07) is 13.3. The Bertz CT molecular complexity index is 1030. The van der Waals surface area contributed by atoms with Crippen molar-refractivity contribution in [3.63, 3.8) is 0 Å². The molecule has 2 aromatic carbocycles. The molecular formula is C21H22N4O3S. The molecule has 0 saturated heterocycles. The van der Waals surface area contributed by atoms with Gasteiger partial charge >= 0.3 is 0 Å². The summed E-state index contributed by atoms with van der Waals surface area (Å²) in [5.74, 6) is -0.234. The second-order valence-electron chi connectivity index (χ2n) is 6.41. The standard InChI is InChI=1S/C21H22N4O3S/c1-13-8-9-15(14(2)10-13)21-23-17(12-29-21)20(27)25-24-19(26)11-22-16-6-4-5-7-18(16)28-3/h4-10,12,22H,11H2,1-3H3,(H,24,26)(H,25,27). The Morgan fingerprint density at radius 3 is 2.66 bits per heavy atom. The lowest BCUT2D eigenvalue weighted by Gasteiger charge is -2.11. The number of carbonyl (C=O) groups is 2. The smallest absolute Gasteiger partial charge is 0.289 e. The van der Waals surface area contributed by atoms with Crippen molar-refractivity contribution in [2.75, 3.05) is 19.0 Å². The minimum Gasteiger partial charge on any atom is -0.495 e. The number of para-hydroxylation sites is 2. The number of rotatable bonds is 6. The maximum Gasteiger partial charge on any atom is 0.289 e. The molecule has 0 fully saturated rings. The Morgan fingerprint density at radius 1 is 1.10 bits per heavy atom. The van der Waals surface area contributed by atoms with Crippen LogP contribution >= 0.6 is 11.3 Å². The number of amides is 2. The number of aryl methyl sites for hydroxylation is 2. The van der Waals surface area contributed by atoms with E-state index in [4.69, 9.17) is 4.74 Å². The number of anilines is 1. The number of nitrogens with one attached hydrogen (secondary N) is 3. The van der Waals surface area contributed by atoms with E-state index in [0.717, 1.165) is 16.1 Å². The summed E-state index contributed by atoms with van der Waals surface area (Å²) in [6.45, 7) is 4.02. The maximum atomic E-state index is 12.3. The zero-order chi connectivity index (χ0) is 20.8. The van der Waals surface area contributed by atoms with Gasteiger partial charge in [-0.3, -0.25) is 20.4 Å². The number of nitrogens with zero attached hydrogens (tertiary/aromatic N) is 1. The van der Waals surface area contributed by atoms with Crippen LogP contribution in [0.2, 0.25) is 0 Å². The Balaban J connectivity index is 1.54. The number of hydrazine groups is 1. The SMILES string of the molecule is COc1ccccc1NCC(=O)NNC(=O)c1csc(-c2ccc(C)cc2C)n1. The molecule has 0 unspecified atom stereocenters. The van der Waals surface area contributed by atoms with Crippen LogP contribution in [0, 0.1) is 13.8 Å². The third kappa shape index (κ3) is 5.11. The fourth-order valence-electron chi connectivity index (χ4n) is 2.76. The average molecular weight is 410 g/mol. The highest BCUT2D eigenvalue weighted by atomic mass is 32.1. The van der Waals surface area contributed by atoms with Gasteiger partial charge in [-0.1, -0.05) is 35.9 Å². The molecule has 3 N–H and O–H groups in total. The number of hydrogen-bond acceptors (Lipinski definition) is 6. The number of thiazole rings is 1. The van der Waals surface area contributed by atoms with Crippen LogP contribution in [-0.4, -0.2) is 30.5 Å². The molecule has 150 valence electrons. The van der Waals surface area contributed by atoms with Crippen molar-refractivity contribution >= 4 is 28.8 Å². The second-order valence-corrected chi connectivity index (χ2v) is 7.27. The normalized spacial score (nSPS) is 10.3. The molecule has 29 heavy (non-hydrogen) atoms. The fraction of sp³-hybridized carbons (Fsp3) is 0.190. The van der Waals surface area contributed by atoms with Gasteiger partial charge in [0.05, 0.1) is 19.3 Å². The molecule has 7 nitrogen and oxygen atoms in total. The average Bonchev–Trinajstić information content (AvgIpc) is 3.20. The van der Waals surface area contributed by atoms with Crippen LogP contribution < -0.4 is 20.9 Å². The molecule has 0 atom stereocenters. The Hall–Kier alpha value is -3.39. The molecule has 8 heteroatoms. The van der Waals surface area contributed by atoms with Crippen molar-refractivity contribution in [1.29, 1.82) is 0 Å². The van der Waals surface area contributed by atoms with Crippen LogP contribution in [-0.2, 0) is 4.79 Å². The molecule has 0 bridgehead atoms. The zero-order valence-electron chi connectivity index (χ0n) is 16.4. The molecule has 0 aliphatic carbocycles. The van der Waals surface area contributed by atoms with E-state index in [1.54, 1.807) is 24.6 Å². The predicted molar refractivity (Wildman–Crippen MR) is 114 cm³/mol. The topological polar surface area (TPSA) is 92.4 Å². The second kappa shape index (κ2) is 9.20. The third-order valence-corrected chi connectivity index (χ3v) is 5.09.